The average molecular weight is 506 g/mol. The van der Waals surface area contributed by atoms with Crippen molar-refractivity contribution in [1.82, 2.24) is 20.1 Å². The van der Waals surface area contributed by atoms with E-state index in [1.165, 1.54) is 23.9 Å². The van der Waals surface area contributed by atoms with Crippen LogP contribution < -0.4 is 15.4 Å². The van der Waals surface area contributed by atoms with Gasteiger partial charge in [-0.2, -0.15) is 0 Å². The summed E-state index contributed by atoms with van der Waals surface area (Å²) in [4.78, 5) is 25.0. The predicted octanol–water partition coefficient (Wildman–Crippen LogP) is 4.13. The highest BCUT2D eigenvalue weighted by Gasteiger charge is 2.17. The van der Waals surface area contributed by atoms with Gasteiger partial charge in [-0.25, -0.2) is 4.39 Å². The average Bonchev–Trinajstić information content (AvgIpc) is 3.29. The Labute approximate surface area is 211 Å². The van der Waals surface area contributed by atoms with Gasteiger partial charge in [0.1, 0.15) is 11.6 Å². The Hall–Kier alpha value is -4.18. The molecule has 1 heterocycles. The summed E-state index contributed by atoms with van der Waals surface area (Å²) >= 11 is 1.18. The van der Waals surface area contributed by atoms with Crippen LogP contribution in [0, 0.1) is 5.82 Å². The van der Waals surface area contributed by atoms with Crippen LogP contribution in [0.25, 0.3) is 0 Å². The largest absolute Gasteiger partial charge is 0.497 e. The first-order valence-corrected chi connectivity index (χ1v) is 12.1. The summed E-state index contributed by atoms with van der Waals surface area (Å²) in [7, 11) is 1.56. The molecule has 0 saturated carbocycles. The number of nitrogens with one attached hydrogen (secondary N) is 2. The van der Waals surface area contributed by atoms with Gasteiger partial charge in [0.25, 0.3) is 5.91 Å². The minimum Gasteiger partial charge on any atom is -0.497 e. The van der Waals surface area contributed by atoms with Gasteiger partial charge < -0.3 is 19.9 Å². The van der Waals surface area contributed by atoms with Crippen molar-refractivity contribution in [2.45, 2.75) is 18.2 Å². The van der Waals surface area contributed by atoms with Crippen LogP contribution in [0.3, 0.4) is 0 Å². The van der Waals surface area contributed by atoms with Crippen LogP contribution in [-0.2, 0) is 17.9 Å². The van der Waals surface area contributed by atoms with Crippen LogP contribution >= 0.6 is 11.8 Å². The number of benzene rings is 3. The highest BCUT2D eigenvalue weighted by molar-refractivity contribution is 7.99. The quantitative estimate of drug-likeness (QED) is 0.315. The van der Waals surface area contributed by atoms with Gasteiger partial charge in [-0.15, -0.1) is 10.2 Å². The monoisotopic (exact) mass is 505 g/mol. The van der Waals surface area contributed by atoms with Crippen LogP contribution in [0.15, 0.2) is 84.0 Å². The number of ether oxygens (including phenoxy) is 1. The van der Waals surface area contributed by atoms with E-state index < -0.39 is 5.82 Å². The number of methoxy groups -OCH3 is 1. The number of para-hydroxylation sites is 1. The normalized spacial score (nSPS) is 10.6. The SMILES string of the molecule is COc1ccc(C(=O)NCc2nnc(SCC(=O)Nc3ccccc3F)n2Cc2ccccc2)cc1. The number of hydrogen-bond donors (Lipinski definition) is 2. The molecule has 4 aromatic rings. The Morgan fingerprint density at radius 2 is 1.69 bits per heavy atom. The fraction of sp³-hybridized carbons (Fsp3) is 0.154. The molecule has 2 N–H and O–H groups in total. The second-order valence-electron chi connectivity index (χ2n) is 7.70. The van der Waals surface area contributed by atoms with Crippen LogP contribution in [0.5, 0.6) is 5.75 Å². The zero-order valence-electron chi connectivity index (χ0n) is 19.5. The Morgan fingerprint density at radius 3 is 2.42 bits per heavy atom. The molecule has 36 heavy (non-hydrogen) atoms. The summed E-state index contributed by atoms with van der Waals surface area (Å²) < 4.78 is 20.8. The molecule has 0 fully saturated rings. The van der Waals surface area contributed by atoms with Crippen molar-refractivity contribution >= 4 is 29.3 Å². The molecule has 0 atom stereocenters. The van der Waals surface area contributed by atoms with Gasteiger partial charge in [-0.1, -0.05) is 54.2 Å². The lowest BCUT2D eigenvalue weighted by Crippen LogP contribution is -2.25. The van der Waals surface area contributed by atoms with Gasteiger partial charge in [0.15, 0.2) is 11.0 Å². The van der Waals surface area contributed by atoms with Gasteiger partial charge in [0, 0.05) is 5.56 Å². The van der Waals surface area contributed by atoms with Gasteiger partial charge in [-0.3, -0.25) is 9.59 Å². The number of anilines is 1. The summed E-state index contributed by atoms with van der Waals surface area (Å²) in [5.74, 6) is 0.0871. The lowest BCUT2D eigenvalue weighted by Gasteiger charge is -2.11. The summed E-state index contributed by atoms with van der Waals surface area (Å²) in [6.45, 7) is 0.603. The molecule has 184 valence electrons. The van der Waals surface area contributed by atoms with E-state index in [0.29, 0.717) is 28.8 Å². The molecule has 10 heteroatoms. The standard InChI is InChI=1S/C26H24FN5O3S/c1-35-20-13-11-19(12-14-20)25(34)28-15-23-30-31-26(32(23)16-18-7-3-2-4-8-18)36-17-24(33)29-22-10-6-5-9-21(22)27/h2-14H,15-17H2,1H3,(H,28,34)(H,29,33). The van der Waals surface area contributed by atoms with Gasteiger partial charge in [0.05, 0.1) is 31.6 Å². The van der Waals surface area contributed by atoms with Crippen molar-refractivity contribution in [2.75, 3.05) is 18.2 Å². The van der Waals surface area contributed by atoms with Crippen molar-refractivity contribution in [3.8, 4) is 5.75 Å². The molecule has 0 aliphatic carbocycles. The summed E-state index contributed by atoms with van der Waals surface area (Å²) in [5, 5.41) is 14.4. The Balaban J connectivity index is 1.45. The number of aromatic nitrogens is 3. The lowest BCUT2D eigenvalue weighted by atomic mass is 10.2. The van der Waals surface area contributed by atoms with Gasteiger partial charge in [0.2, 0.25) is 5.91 Å². The van der Waals surface area contributed by atoms with E-state index >= 15 is 0 Å². The lowest BCUT2D eigenvalue weighted by molar-refractivity contribution is -0.113. The van der Waals surface area contributed by atoms with E-state index in [4.69, 9.17) is 4.74 Å². The van der Waals surface area contributed by atoms with Gasteiger partial charge >= 0.3 is 0 Å². The number of nitrogens with zero attached hydrogens (tertiary/aromatic N) is 3. The molecule has 8 nitrogen and oxygen atoms in total. The summed E-state index contributed by atoms with van der Waals surface area (Å²) in [6, 6.07) is 22.5. The zero-order chi connectivity index (χ0) is 25.3. The van der Waals surface area contributed by atoms with Crippen molar-refractivity contribution in [3.05, 3.63) is 102 Å². The second-order valence-corrected chi connectivity index (χ2v) is 8.64. The molecule has 1 aromatic heterocycles. The maximum Gasteiger partial charge on any atom is 0.251 e. The number of rotatable bonds is 10. The smallest absolute Gasteiger partial charge is 0.251 e. The number of amides is 2. The van der Waals surface area contributed by atoms with E-state index in [1.807, 2.05) is 34.9 Å². The van der Waals surface area contributed by atoms with Crippen molar-refractivity contribution in [3.63, 3.8) is 0 Å². The fourth-order valence-electron chi connectivity index (χ4n) is 3.36. The molecule has 0 aliphatic rings. The third kappa shape index (κ3) is 6.48. The van der Waals surface area contributed by atoms with Crippen molar-refractivity contribution in [1.29, 1.82) is 0 Å². The number of carbonyl (C=O) groups excluding carboxylic acids is 2. The van der Waals surface area contributed by atoms with Gasteiger partial charge in [-0.05, 0) is 42.0 Å². The summed E-state index contributed by atoms with van der Waals surface area (Å²) in [5.41, 5.74) is 1.62. The van der Waals surface area contributed by atoms with E-state index in [-0.39, 0.29) is 29.8 Å². The molecule has 0 aliphatic heterocycles. The highest BCUT2D eigenvalue weighted by Crippen LogP contribution is 2.20. The minimum absolute atomic E-state index is 0.0134. The van der Waals surface area contributed by atoms with E-state index in [9.17, 15) is 14.0 Å². The molecule has 0 unspecified atom stereocenters. The number of thioether (sulfide) groups is 1. The number of carbonyl (C=O) groups is 2. The first-order chi connectivity index (χ1) is 17.5. The maximum atomic E-state index is 13.8. The summed E-state index contributed by atoms with van der Waals surface area (Å²) in [6.07, 6.45) is 0. The molecule has 3 aromatic carbocycles. The third-order valence-corrected chi connectivity index (χ3v) is 6.18. The highest BCUT2D eigenvalue weighted by atomic mass is 32.2. The second kappa shape index (κ2) is 12.0. The molecular formula is C26H24FN5O3S. The fourth-order valence-corrected chi connectivity index (χ4v) is 4.12. The van der Waals surface area contributed by atoms with E-state index in [1.54, 1.807) is 43.5 Å². The van der Waals surface area contributed by atoms with Crippen LogP contribution in [0.4, 0.5) is 10.1 Å². The molecule has 4 rings (SSSR count). The van der Waals surface area contributed by atoms with Crippen LogP contribution in [0.1, 0.15) is 21.7 Å². The van der Waals surface area contributed by atoms with E-state index in [0.717, 1.165) is 5.56 Å². The third-order valence-electron chi connectivity index (χ3n) is 5.22. The molecule has 2 amide bonds. The zero-order valence-corrected chi connectivity index (χ0v) is 20.3. The first-order valence-electron chi connectivity index (χ1n) is 11.1. The predicted molar refractivity (Wildman–Crippen MR) is 135 cm³/mol. The molecule has 0 radical (unpaired) electrons. The molecule has 0 spiro atoms. The maximum absolute atomic E-state index is 13.8. The van der Waals surface area contributed by atoms with Crippen LogP contribution in [0.2, 0.25) is 0 Å². The first kappa shape index (κ1) is 24.9. The number of halogens is 1. The van der Waals surface area contributed by atoms with E-state index in [2.05, 4.69) is 20.8 Å². The van der Waals surface area contributed by atoms with Crippen LogP contribution in [-0.4, -0.2) is 39.4 Å². The minimum atomic E-state index is -0.502. The molecular weight excluding hydrogens is 481 g/mol. The Bertz CT molecular complexity index is 1330. The van der Waals surface area contributed by atoms with Crippen molar-refractivity contribution in [2.24, 2.45) is 0 Å². The topological polar surface area (TPSA) is 98.1 Å². The number of hydrogen-bond acceptors (Lipinski definition) is 6. The molecule has 0 bridgehead atoms. The molecule has 0 saturated heterocycles. The Morgan fingerprint density at radius 1 is 0.972 bits per heavy atom. The van der Waals surface area contributed by atoms with Crippen molar-refractivity contribution < 1.29 is 18.7 Å². The Kier molecular flexibility index (Phi) is 8.30.